The van der Waals surface area contributed by atoms with Crippen LogP contribution in [0.4, 0.5) is 4.79 Å². The van der Waals surface area contributed by atoms with Crippen molar-refractivity contribution in [1.29, 1.82) is 0 Å². The fourth-order valence-corrected chi connectivity index (χ4v) is 0.796. The average molecular weight is 575 g/mol. The van der Waals surface area contributed by atoms with Crippen molar-refractivity contribution < 1.29 is 49.4 Å². The molecule has 0 rings (SSSR count). The predicted octanol–water partition coefficient (Wildman–Crippen LogP) is -0.558. The summed E-state index contributed by atoms with van der Waals surface area (Å²) in [5, 5.41) is 50.6. The molecule has 0 aliphatic carbocycles. The van der Waals surface area contributed by atoms with Crippen LogP contribution in [0.15, 0.2) is 0 Å². The van der Waals surface area contributed by atoms with Gasteiger partial charge in [-0.3, -0.25) is 0 Å². The molecule has 0 bridgehead atoms. The van der Waals surface area contributed by atoms with Crippen molar-refractivity contribution in [2.75, 3.05) is 47.1 Å². The Balaban J connectivity index is -0.000000260. The number of hydrogen-bond donors (Lipinski definition) is 6. The van der Waals surface area contributed by atoms with Crippen LogP contribution in [0.2, 0.25) is 0 Å². The third-order valence-electron chi connectivity index (χ3n) is 2.38. The second-order valence-corrected chi connectivity index (χ2v) is 16.1. The van der Waals surface area contributed by atoms with Gasteiger partial charge in [0.25, 0.3) is 0 Å². The van der Waals surface area contributed by atoms with E-state index in [-0.39, 0.29) is 30.8 Å². The van der Waals surface area contributed by atoms with Crippen molar-refractivity contribution in [3.05, 3.63) is 0 Å². The Kier molecular flexibility index (Phi) is 22.8. The molecular weight excluding hydrogens is 551 g/mol. The summed E-state index contributed by atoms with van der Waals surface area (Å²) in [5.74, 6) is -0.616. The Labute approximate surface area is 153 Å². The number of nitrogens with zero attached hydrogens (tertiary/aromatic N) is 1. The Morgan fingerprint density at radius 2 is 1.48 bits per heavy atom. The first kappa shape index (κ1) is 27.1. The second kappa shape index (κ2) is 17.6. The monoisotopic (exact) mass is 575 g/mol. The number of likely N-dealkylation sites (N-methyl/N-ethyl adjacent to an activating group) is 1. The van der Waals surface area contributed by atoms with E-state index in [2.05, 4.69) is 40.0 Å². The number of carbonyl (C=O) groups is 1. The molecule has 1 amide bonds. The van der Waals surface area contributed by atoms with Crippen LogP contribution < -0.4 is 0 Å². The van der Waals surface area contributed by atoms with Gasteiger partial charge < -0.3 is 30.6 Å². The Morgan fingerprint density at radius 1 is 1.10 bits per heavy atom. The van der Waals surface area contributed by atoms with Crippen LogP contribution in [0.3, 0.4) is 0 Å². The quantitative estimate of drug-likeness (QED) is 0.185. The van der Waals surface area contributed by atoms with Crippen molar-refractivity contribution in [2.24, 2.45) is 5.92 Å². The van der Waals surface area contributed by atoms with Gasteiger partial charge in [-0.2, -0.15) is 4.79 Å². The molecule has 1 unspecified atom stereocenters. The van der Waals surface area contributed by atoms with Crippen molar-refractivity contribution in [3.63, 3.8) is 0 Å². The SMILES string of the molecule is C[N+](C)(CCO)C(=O)O.OCC(O)C(CO)CO.[I][V][I]. The molecule has 0 spiro atoms. The normalized spacial score (nSPS) is 11.7. The molecule has 1 atom stereocenters. The zero-order valence-corrected chi connectivity index (χ0v) is 17.6. The minimum absolute atomic E-state index is 0.0979. The van der Waals surface area contributed by atoms with Gasteiger partial charge in [0.2, 0.25) is 0 Å². The van der Waals surface area contributed by atoms with E-state index in [0.29, 0.717) is 9.47 Å². The molecule has 0 radical (unpaired) electrons. The summed E-state index contributed by atoms with van der Waals surface area (Å²) in [6, 6.07) is 0. The molecule has 0 aromatic rings. The summed E-state index contributed by atoms with van der Waals surface area (Å²) in [6.45, 7) is -0.892. The topological polar surface area (TPSA) is 138 Å². The van der Waals surface area contributed by atoms with Crippen molar-refractivity contribution in [3.8, 4) is 0 Å². The number of aliphatic hydroxyl groups excluding tert-OH is 5. The van der Waals surface area contributed by atoms with E-state index in [4.69, 9.17) is 30.6 Å². The maximum absolute atomic E-state index is 10.3. The molecule has 0 aromatic carbocycles. The number of aliphatic hydroxyl groups is 5. The molecule has 129 valence electrons. The molecule has 8 nitrogen and oxygen atoms in total. The summed E-state index contributed by atoms with van der Waals surface area (Å²) in [4.78, 5) is 10.3. The first-order valence-electron chi connectivity index (χ1n) is 5.78. The minimum atomic E-state index is -1.01. The Bertz CT molecular complexity index is 245. The van der Waals surface area contributed by atoms with Crippen LogP contribution in [0, 0.1) is 5.92 Å². The van der Waals surface area contributed by atoms with Crippen LogP contribution in [0.1, 0.15) is 0 Å². The summed E-state index contributed by atoms with van der Waals surface area (Å²) in [7, 11) is 3.68. The fraction of sp³-hybridized carbons (Fsp3) is 0.900. The van der Waals surface area contributed by atoms with E-state index < -0.39 is 24.7 Å². The maximum atomic E-state index is 10.3. The third kappa shape index (κ3) is 17.5. The van der Waals surface area contributed by atoms with Crippen LogP contribution in [0.25, 0.3) is 0 Å². The number of amides is 1. The van der Waals surface area contributed by atoms with Gasteiger partial charge in [0.15, 0.2) is 0 Å². The van der Waals surface area contributed by atoms with Crippen LogP contribution in [0.5, 0.6) is 0 Å². The van der Waals surface area contributed by atoms with E-state index in [9.17, 15) is 4.79 Å². The van der Waals surface area contributed by atoms with Gasteiger partial charge in [-0.15, -0.1) is 0 Å². The molecule has 0 aromatic heterocycles. The van der Waals surface area contributed by atoms with E-state index in [0.717, 1.165) is 0 Å². The Hall–Kier alpha value is 1.27. The molecule has 0 aliphatic rings. The van der Waals surface area contributed by atoms with Gasteiger partial charge in [-0.25, -0.2) is 4.48 Å². The number of carboxylic acid groups (broad SMARTS) is 1. The number of quaternary nitrogens is 1. The van der Waals surface area contributed by atoms with E-state index in [1.165, 1.54) is 14.1 Å². The molecule has 0 saturated carbocycles. The molecule has 11 heteroatoms. The number of rotatable bonds is 6. The van der Waals surface area contributed by atoms with Crippen LogP contribution in [-0.4, -0.2) is 94.4 Å². The van der Waals surface area contributed by atoms with Crippen LogP contribution in [-0.2, 0) is 9.47 Å². The van der Waals surface area contributed by atoms with Crippen molar-refractivity contribution in [2.45, 2.75) is 6.10 Å². The second-order valence-electron chi connectivity index (χ2n) is 4.35. The van der Waals surface area contributed by atoms with Gasteiger partial charge in [-0.1, -0.05) is 0 Å². The first-order chi connectivity index (χ1) is 9.67. The zero-order valence-electron chi connectivity index (χ0n) is 11.9. The molecule has 0 aliphatic heterocycles. The van der Waals surface area contributed by atoms with Gasteiger partial charge in [0.05, 0.1) is 46.6 Å². The fourth-order valence-electron chi connectivity index (χ4n) is 0.796. The van der Waals surface area contributed by atoms with E-state index >= 15 is 0 Å². The van der Waals surface area contributed by atoms with E-state index in [1.807, 2.05) is 0 Å². The van der Waals surface area contributed by atoms with Crippen molar-refractivity contribution in [1.82, 2.24) is 0 Å². The summed E-state index contributed by atoms with van der Waals surface area (Å²) in [6.07, 6.45) is -1.94. The average Bonchev–Trinajstić information content (AvgIpc) is 2.41. The first-order valence-corrected chi connectivity index (χ1v) is 14.8. The van der Waals surface area contributed by atoms with Crippen LogP contribution >= 0.6 is 40.0 Å². The van der Waals surface area contributed by atoms with Gasteiger partial charge in [-0.05, 0) is 0 Å². The van der Waals surface area contributed by atoms with Gasteiger partial charge >= 0.3 is 55.5 Å². The van der Waals surface area contributed by atoms with E-state index in [1.54, 1.807) is 0 Å². The standard InChI is InChI=1S/C5H11NO3.C5H12O4.2HI.V/c1-6(2,3-4-7)5(8)9;6-1-4(2-7)5(9)3-8;;;/h7H,3-4H2,1-2H3;4-9H,1-3H2;2*1H;/q;;;;+2/p-1. The summed E-state index contributed by atoms with van der Waals surface area (Å²) < 4.78 is -0.184. The molecule has 0 fully saturated rings. The predicted molar refractivity (Wildman–Crippen MR) is 90.9 cm³/mol. The summed E-state index contributed by atoms with van der Waals surface area (Å²) >= 11 is 4.74. The van der Waals surface area contributed by atoms with Gasteiger partial charge in [0.1, 0.15) is 6.54 Å². The number of hydrogen-bond acceptors (Lipinski definition) is 6. The number of halogens is 2. The third-order valence-corrected chi connectivity index (χ3v) is 2.38. The molecule has 6 N–H and O–H groups in total. The molecule has 0 saturated heterocycles. The van der Waals surface area contributed by atoms with Crippen molar-refractivity contribution >= 4 is 46.1 Å². The molecule has 21 heavy (non-hydrogen) atoms. The zero-order chi connectivity index (χ0) is 17.5. The molecular formula is C10H24I2NO7V+. The molecule has 0 heterocycles. The van der Waals surface area contributed by atoms with Gasteiger partial charge in [0, 0.05) is 5.92 Å². The Morgan fingerprint density at radius 3 is 1.57 bits per heavy atom. The summed E-state index contributed by atoms with van der Waals surface area (Å²) in [5.41, 5.74) is 0.